The summed E-state index contributed by atoms with van der Waals surface area (Å²) in [7, 11) is 1.95. The van der Waals surface area contributed by atoms with Crippen molar-refractivity contribution in [1.29, 1.82) is 0 Å². The predicted octanol–water partition coefficient (Wildman–Crippen LogP) is 3.20. The zero-order valence-electron chi connectivity index (χ0n) is 10.4. The first kappa shape index (κ1) is 13.2. The van der Waals surface area contributed by atoms with Gasteiger partial charge in [-0.25, -0.2) is 0 Å². The van der Waals surface area contributed by atoms with Gasteiger partial charge in [0.2, 0.25) is 0 Å². The second-order valence-electron chi connectivity index (χ2n) is 4.04. The predicted molar refractivity (Wildman–Crippen MR) is 78.5 cm³/mol. The zero-order valence-corrected chi connectivity index (χ0v) is 11.2. The summed E-state index contributed by atoms with van der Waals surface area (Å²) in [6, 6.07) is 15.3. The van der Waals surface area contributed by atoms with Gasteiger partial charge in [0, 0.05) is 24.0 Å². The van der Waals surface area contributed by atoms with Crippen LogP contribution < -0.4 is 10.6 Å². The Labute approximate surface area is 116 Å². The van der Waals surface area contributed by atoms with Gasteiger partial charge in [-0.15, -0.1) is 0 Å². The van der Waals surface area contributed by atoms with Crippen LogP contribution in [0.2, 0.25) is 5.02 Å². The lowest BCUT2D eigenvalue weighted by Crippen LogP contribution is -2.15. The summed E-state index contributed by atoms with van der Waals surface area (Å²) in [5.74, 6) is -0.00101. The number of amidine groups is 1. The first-order valence-electron chi connectivity index (χ1n) is 5.69. The Morgan fingerprint density at radius 2 is 1.84 bits per heavy atom. The summed E-state index contributed by atoms with van der Waals surface area (Å²) in [5.41, 5.74) is 8.02. The molecule has 0 spiro atoms. The van der Waals surface area contributed by atoms with E-state index in [1.807, 2.05) is 48.3 Å². The minimum atomic E-state index is -0.00101. The molecule has 0 saturated carbocycles. The molecule has 3 N–H and O–H groups in total. The summed E-state index contributed by atoms with van der Waals surface area (Å²) < 4.78 is 0. The van der Waals surface area contributed by atoms with Crippen LogP contribution in [0.5, 0.6) is 0 Å². The lowest BCUT2D eigenvalue weighted by molar-refractivity contribution is 0.318. The summed E-state index contributed by atoms with van der Waals surface area (Å²) in [5, 5.41) is 12.1. The van der Waals surface area contributed by atoms with Crippen molar-refractivity contribution >= 4 is 28.8 Å². The van der Waals surface area contributed by atoms with Gasteiger partial charge in [-0.2, -0.15) is 0 Å². The van der Waals surface area contributed by atoms with Gasteiger partial charge >= 0.3 is 0 Å². The fourth-order valence-electron chi connectivity index (χ4n) is 1.77. The number of hydrogen-bond donors (Lipinski definition) is 2. The molecule has 98 valence electrons. The van der Waals surface area contributed by atoms with E-state index in [-0.39, 0.29) is 5.84 Å². The van der Waals surface area contributed by atoms with Crippen molar-refractivity contribution < 1.29 is 5.21 Å². The lowest BCUT2D eigenvalue weighted by atomic mass is 10.1. The van der Waals surface area contributed by atoms with Crippen LogP contribution >= 0.6 is 11.6 Å². The third kappa shape index (κ3) is 2.80. The van der Waals surface area contributed by atoms with E-state index < -0.39 is 0 Å². The standard InChI is InChI=1S/C14H14ClN3O/c1-18(10-5-3-2-4-6-10)11-7-8-12(13(15)9-11)14(16)17-19/h2-9,19H,1H3,(H2,16,17). The molecule has 0 aliphatic rings. The monoisotopic (exact) mass is 275 g/mol. The minimum absolute atomic E-state index is 0.00101. The average Bonchev–Trinajstić information content (AvgIpc) is 2.46. The number of benzene rings is 2. The highest BCUT2D eigenvalue weighted by molar-refractivity contribution is 6.34. The van der Waals surface area contributed by atoms with Gasteiger partial charge in [0.05, 0.1) is 5.02 Å². The molecule has 0 bridgehead atoms. The SMILES string of the molecule is CN(c1ccccc1)c1ccc(C(N)=NO)c(Cl)c1. The number of oxime groups is 1. The number of nitrogens with two attached hydrogens (primary N) is 1. The first-order valence-corrected chi connectivity index (χ1v) is 6.07. The van der Waals surface area contributed by atoms with Crippen molar-refractivity contribution in [2.75, 3.05) is 11.9 Å². The quantitative estimate of drug-likeness (QED) is 0.391. The number of rotatable bonds is 3. The fourth-order valence-corrected chi connectivity index (χ4v) is 2.05. The maximum Gasteiger partial charge on any atom is 0.171 e. The van der Waals surface area contributed by atoms with Crippen LogP contribution in [0, 0.1) is 0 Å². The molecular weight excluding hydrogens is 262 g/mol. The summed E-state index contributed by atoms with van der Waals surface area (Å²) in [4.78, 5) is 2.00. The molecule has 19 heavy (non-hydrogen) atoms. The van der Waals surface area contributed by atoms with E-state index in [0.29, 0.717) is 10.6 Å². The van der Waals surface area contributed by atoms with Gasteiger partial charge in [0.25, 0.3) is 0 Å². The van der Waals surface area contributed by atoms with Crippen molar-refractivity contribution in [1.82, 2.24) is 0 Å². The highest BCUT2D eigenvalue weighted by atomic mass is 35.5. The third-order valence-electron chi connectivity index (χ3n) is 2.87. The van der Waals surface area contributed by atoms with Crippen LogP contribution in [-0.2, 0) is 0 Å². The van der Waals surface area contributed by atoms with Gasteiger partial charge in [0.15, 0.2) is 5.84 Å². The van der Waals surface area contributed by atoms with Crippen molar-refractivity contribution in [3.8, 4) is 0 Å². The molecule has 0 radical (unpaired) electrons. The zero-order chi connectivity index (χ0) is 13.8. The van der Waals surface area contributed by atoms with Gasteiger partial charge in [-0.1, -0.05) is 35.0 Å². The minimum Gasteiger partial charge on any atom is -0.409 e. The molecule has 2 aromatic carbocycles. The number of anilines is 2. The van der Waals surface area contributed by atoms with E-state index in [4.69, 9.17) is 22.5 Å². The molecular formula is C14H14ClN3O. The highest BCUT2D eigenvalue weighted by Crippen LogP contribution is 2.27. The van der Waals surface area contributed by atoms with Crippen LogP contribution in [0.3, 0.4) is 0 Å². The number of halogens is 1. The Bertz CT molecular complexity index is 599. The van der Waals surface area contributed by atoms with Crippen LogP contribution in [0.1, 0.15) is 5.56 Å². The molecule has 5 heteroatoms. The largest absolute Gasteiger partial charge is 0.409 e. The molecule has 0 fully saturated rings. The van der Waals surface area contributed by atoms with Crippen molar-refractivity contribution in [3.05, 3.63) is 59.1 Å². The molecule has 0 aromatic heterocycles. The second-order valence-corrected chi connectivity index (χ2v) is 4.45. The molecule has 0 atom stereocenters. The summed E-state index contributed by atoms with van der Waals surface area (Å²) >= 11 is 6.14. The van der Waals surface area contributed by atoms with Crippen molar-refractivity contribution in [3.63, 3.8) is 0 Å². The molecule has 0 aliphatic heterocycles. The van der Waals surface area contributed by atoms with Crippen LogP contribution in [0.25, 0.3) is 0 Å². The van der Waals surface area contributed by atoms with Crippen LogP contribution in [-0.4, -0.2) is 18.1 Å². The molecule has 4 nitrogen and oxygen atoms in total. The smallest absolute Gasteiger partial charge is 0.171 e. The molecule has 0 amide bonds. The molecule has 0 aliphatic carbocycles. The number of para-hydroxylation sites is 1. The van der Waals surface area contributed by atoms with E-state index in [0.717, 1.165) is 11.4 Å². The maximum absolute atomic E-state index is 8.66. The summed E-state index contributed by atoms with van der Waals surface area (Å²) in [6.07, 6.45) is 0. The second kappa shape index (κ2) is 5.63. The van der Waals surface area contributed by atoms with E-state index in [1.54, 1.807) is 12.1 Å². The first-order chi connectivity index (χ1) is 9.13. The Morgan fingerprint density at radius 1 is 1.16 bits per heavy atom. The van der Waals surface area contributed by atoms with Crippen LogP contribution in [0.15, 0.2) is 53.7 Å². The fraction of sp³-hybridized carbons (Fsp3) is 0.0714. The van der Waals surface area contributed by atoms with Gasteiger partial charge in [0.1, 0.15) is 0 Å². The van der Waals surface area contributed by atoms with E-state index in [9.17, 15) is 0 Å². The molecule has 0 unspecified atom stereocenters. The Kier molecular flexibility index (Phi) is 3.92. The molecule has 2 aromatic rings. The Balaban J connectivity index is 2.35. The molecule has 2 rings (SSSR count). The maximum atomic E-state index is 8.66. The summed E-state index contributed by atoms with van der Waals surface area (Å²) in [6.45, 7) is 0. The van der Waals surface area contributed by atoms with E-state index in [2.05, 4.69) is 5.16 Å². The van der Waals surface area contributed by atoms with Crippen molar-refractivity contribution in [2.45, 2.75) is 0 Å². The number of nitrogens with zero attached hydrogens (tertiary/aromatic N) is 2. The highest BCUT2D eigenvalue weighted by Gasteiger charge is 2.09. The van der Waals surface area contributed by atoms with Crippen LogP contribution in [0.4, 0.5) is 11.4 Å². The Hall–Kier alpha value is -2.20. The molecule has 0 heterocycles. The average molecular weight is 276 g/mol. The van der Waals surface area contributed by atoms with Crippen molar-refractivity contribution in [2.24, 2.45) is 10.9 Å². The Morgan fingerprint density at radius 3 is 2.42 bits per heavy atom. The number of hydrogen-bond acceptors (Lipinski definition) is 3. The topological polar surface area (TPSA) is 61.8 Å². The van der Waals surface area contributed by atoms with Gasteiger partial charge in [-0.3, -0.25) is 0 Å². The van der Waals surface area contributed by atoms with Gasteiger partial charge in [-0.05, 0) is 30.3 Å². The molecule has 0 saturated heterocycles. The third-order valence-corrected chi connectivity index (χ3v) is 3.18. The lowest BCUT2D eigenvalue weighted by Gasteiger charge is -2.20. The van der Waals surface area contributed by atoms with E-state index in [1.165, 1.54) is 0 Å². The van der Waals surface area contributed by atoms with E-state index >= 15 is 0 Å². The van der Waals surface area contributed by atoms with Gasteiger partial charge < -0.3 is 15.8 Å². The normalized spacial score (nSPS) is 11.4.